The van der Waals surface area contributed by atoms with Gasteiger partial charge in [-0.05, 0) is 43.9 Å². The molecule has 1 aliphatic rings. The lowest BCUT2D eigenvalue weighted by Crippen LogP contribution is -2.42. The molecule has 1 saturated heterocycles. The third-order valence-corrected chi connectivity index (χ3v) is 5.72. The van der Waals surface area contributed by atoms with Gasteiger partial charge in [-0.15, -0.1) is 0 Å². The molecule has 2 aromatic carbocycles. The zero-order chi connectivity index (χ0) is 23.0. The van der Waals surface area contributed by atoms with Crippen molar-refractivity contribution < 1.29 is 14.3 Å². The number of aromatic nitrogens is 2. The molecule has 0 bridgehead atoms. The van der Waals surface area contributed by atoms with Gasteiger partial charge in [-0.3, -0.25) is 9.59 Å². The van der Waals surface area contributed by atoms with Crippen LogP contribution in [0.15, 0.2) is 66.9 Å². The molecule has 1 unspecified atom stereocenters. The highest BCUT2D eigenvalue weighted by atomic mass is 16.5. The molecule has 2 amide bonds. The summed E-state index contributed by atoms with van der Waals surface area (Å²) in [6.07, 6.45) is 4.18. The number of carbonyl (C=O) groups is 2. The van der Waals surface area contributed by atoms with E-state index in [0.29, 0.717) is 35.9 Å². The van der Waals surface area contributed by atoms with Crippen molar-refractivity contribution in [1.82, 2.24) is 20.2 Å². The third kappa shape index (κ3) is 5.74. The molecule has 1 atom stereocenters. The lowest BCUT2D eigenvalue weighted by atomic mass is 9.96. The number of nitrogens with one attached hydrogen (secondary N) is 1. The van der Waals surface area contributed by atoms with Gasteiger partial charge in [-0.2, -0.15) is 0 Å². The summed E-state index contributed by atoms with van der Waals surface area (Å²) in [7, 11) is 0. The van der Waals surface area contributed by atoms with Crippen LogP contribution in [0.1, 0.15) is 52.7 Å². The first-order valence-electron chi connectivity index (χ1n) is 11.2. The van der Waals surface area contributed by atoms with E-state index < -0.39 is 0 Å². The van der Waals surface area contributed by atoms with E-state index in [9.17, 15) is 9.59 Å². The monoisotopic (exact) mass is 444 g/mol. The van der Waals surface area contributed by atoms with Gasteiger partial charge in [0.15, 0.2) is 6.61 Å². The van der Waals surface area contributed by atoms with E-state index >= 15 is 0 Å². The quantitative estimate of drug-likeness (QED) is 0.598. The second-order valence-electron chi connectivity index (χ2n) is 8.08. The number of rotatable bonds is 7. The van der Waals surface area contributed by atoms with Gasteiger partial charge in [-0.1, -0.05) is 48.5 Å². The molecule has 4 rings (SSSR count). The zero-order valence-corrected chi connectivity index (χ0v) is 18.7. The van der Waals surface area contributed by atoms with Gasteiger partial charge in [0.1, 0.15) is 11.6 Å². The molecule has 1 aromatic heterocycles. The summed E-state index contributed by atoms with van der Waals surface area (Å²) in [6, 6.07) is 18.7. The van der Waals surface area contributed by atoms with Crippen LogP contribution in [0.4, 0.5) is 0 Å². The summed E-state index contributed by atoms with van der Waals surface area (Å²) >= 11 is 0. The SMILES string of the molecule is Cc1ncc(C(=O)NCc2ccccc2)c(C2CCCCN2C(=O)COc2ccccc2)n1. The number of likely N-dealkylation sites (tertiary alicyclic amines) is 1. The standard InChI is InChI=1S/C26H28N4O3/c1-19-27-17-22(26(32)28-16-20-10-4-2-5-11-20)25(29-19)23-14-8-9-15-30(23)24(31)18-33-21-12-6-3-7-13-21/h2-7,10-13,17,23H,8-9,14-16,18H2,1H3,(H,28,32). The number of hydrogen-bond donors (Lipinski definition) is 1. The number of hydrogen-bond acceptors (Lipinski definition) is 5. The summed E-state index contributed by atoms with van der Waals surface area (Å²) < 4.78 is 5.69. The largest absolute Gasteiger partial charge is 0.484 e. The summed E-state index contributed by atoms with van der Waals surface area (Å²) in [6.45, 7) is 2.75. The molecular formula is C26H28N4O3. The molecule has 1 aliphatic heterocycles. The Morgan fingerprint density at radius 3 is 2.55 bits per heavy atom. The fourth-order valence-corrected chi connectivity index (χ4v) is 4.05. The summed E-state index contributed by atoms with van der Waals surface area (Å²) in [5.41, 5.74) is 2.01. The fourth-order valence-electron chi connectivity index (χ4n) is 4.05. The summed E-state index contributed by atoms with van der Waals surface area (Å²) in [5, 5.41) is 2.96. The second-order valence-corrected chi connectivity index (χ2v) is 8.08. The van der Waals surface area contributed by atoms with Crippen LogP contribution in [0, 0.1) is 6.92 Å². The third-order valence-electron chi connectivity index (χ3n) is 5.72. The normalized spacial score (nSPS) is 15.7. The van der Waals surface area contributed by atoms with Gasteiger partial charge < -0.3 is 15.0 Å². The van der Waals surface area contributed by atoms with E-state index in [1.54, 1.807) is 18.0 Å². The van der Waals surface area contributed by atoms with E-state index in [0.717, 1.165) is 24.8 Å². The van der Waals surface area contributed by atoms with Crippen molar-refractivity contribution in [2.45, 2.75) is 38.8 Å². The Balaban J connectivity index is 1.52. The lowest BCUT2D eigenvalue weighted by molar-refractivity contribution is -0.137. The Morgan fingerprint density at radius 1 is 1.06 bits per heavy atom. The Bertz CT molecular complexity index is 1090. The van der Waals surface area contributed by atoms with Crippen LogP contribution in [0.2, 0.25) is 0 Å². The Morgan fingerprint density at radius 2 is 1.79 bits per heavy atom. The van der Waals surface area contributed by atoms with Gasteiger partial charge in [0.2, 0.25) is 0 Å². The van der Waals surface area contributed by atoms with Crippen molar-refractivity contribution >= 4 is 11.8 Å². The zero-order valence-electron chi connectivity index (χ0n) is 18.7. The van der Waals surface area contributed by atoms with Gasteiger partial charge >= 0.3 is 0 Å². The second kappa shape index (κ2) is 10.7. The van der Waals surface area contributed by atoms with Gasteiger partial charge in [0, 0.05) is 19.3 Å². The lowest BCUT2D eigenvalue weighted by Gasteiger charge is -2.36. The average Bonchev–Trinajstić information content (AvgIpc) is 2.87. The van der Waals surface area contributed by atoms with Crippen LogP contribution in [0.25, 0.3) is 0 Å². The fraction of sp³-hybridized carbons (Fsp3) is 0.308. The topological polar surface area (TPSA) is 84.4 Å². The van der Waals surface area contributed by atoms with E-state index in [1.165, 1.54) is 0 Å². The number of amides is 2. The number of para-hydroxylation sites is 1. The first-order chi connectivity index (χ1) is 16.1. The van der Waals surface area contributed by atoms with Crippen LogP contribution in [0.3, 0.4) is 0 Å². The molecule has 0 radical (unpaired) electrons. The molecule has 7 nitrogen and oxygen atoms in total. The van der Waals surface area contributed by atoms with E-state index in [-0.39, 0.29) is 24.5 Å². The minimum absolute atomic E-state index is 0.0554. The molecule has 170 valence electrons. The number of aryl methyl sites for hydroxylation is 1. The van der Waals surface area contributed by atoms with Gasteiger partial charge in [0.05, 0.1) is 17.3 Å². The highest BCUT2D eigenvalue weighted by molar-refractivity contribution is 5.95. The molecule has 2 heterocycles. The van der Waals surface area contributed by atoms with Crippen LogP contribution < -0.4 is 10.1 Å². The Hall–Kier alpha value is -3.74. The van der Waals surface area contributed by atoms with Crippen LogP contribution in [0.5, 0.6) is 5.75 Å². The number of nitrogens with zero attached hydrogens (tertiary/aromatic N) is 3. The van der Waals surface area contributed by atoms with E-state index in [2.05, 4.69) is 15.3 Å². The number of ether oxygens (including phenoxy) is 1. The molecule has 7 heteroatoms. The van der Waals surface area contributed by atoms with Crippen molar-refractivity contribution in [3.05, 3.63) is 89.5 Å². The molecule has 1 N–H and O–H groups in total. The number of carbonyl (C=O) groups excluding carboxylic acids is 2. The highest BCUT2D eigenvalue weighted by Crippen LogP contribution is 2.32. The minimum atomic E-state index is -0.287. The minimum Gasteiger partial charge on any atom is -0.484 e. The van der Waals surface area contributed by atoms with Crippen LogP contribution in [-0.2, 0) is 11.3 Å². The molecular weight excluding hydrogens is 416 g/mol. The molecule has 0 spiro atoms. The molecule has 1 fully saturated rings. The van der Waals surface area contributed by atoms with E-state index in [4.69, 9.17) is 4.74 Å². The van der Waals surface area contributed by atoms with Crippen molar-refractivity contribution in [3.63, 3.8) is 0 Å². The Labute approximate surface area is 193 Å². The number of piperidine rings is 1. The highest BCUT2D eigenvalue weighted by Gasteiger charge is 2.32. The summed E-state index contributed by atoms with van der Waals surface area (Å²) in [4.78, 5) is 36.8. The number of benzene rings is 2. The van der Waals surface area contributed by atoms with Crippen molar-refractivity contribution in [3.8, 4) is 5.75 Å². The predicted octanol–water partition coefficient (Wildman–Crippen LogP) is 3.85. The maximum Gasteiger partial charge on any atom is 0.261 e. The molecule has 33 heavy (non-hydrogen) atoms. The van der Waals surface area contributed by atoms with Crippen molar-refractivity contribution in [1.29, 1.82) is 0 Å². The maximum absolute atomic E-state index is 13.1. The van der Waals surface area contributed by atoms with Gasteiger partial charge in [0.25, 0.3) is 11.8 Å². The molecule has 3 aromatic rings. The first-order valence-corrected chi connectivity index (χ1v) is 11.2. The van der Waals surface area contributed by atoms with Crippen LogP contribution in [-0.4, -0.2) is 39.8 Å². The van der Waals surface area contributed by atoms with Gasteiger partial charge in [-0.25, -0.2) is 9.97 Å². The van der Waals surface area contributed by atoms with E-state index in [1.807, 2.05) is 60.7 Å². The predicted molar refractivity (Wildman–Crippen MR) is 125 cm³/mol. The summed E-state index contributed by atoms with van der Waals surface area (Å²) in [5.74, 6) is 0.865. The molecule has 0 saturated carbocycles. The smallest absolute Gasteiger partial charge is 0.261 e. The maximum atomic E-state index is 13.1. The first kappa shape index (κ1) is 22.5. The van der Waals surface area contributed by atoms with Crippen molar-refractivity contribution in [2.75, 3.05) is 13.2 Å². The average molecular weight is 445 g/mol. The molecule has 0 aliphatic carbocycles. The Kier molecular flexibility index (Phi) is 7.29. The van der Waals surface area contributed by atoms with Crippen LogP contribution >= 0.6 is 0 Å². The van der Waals surface area contributed by atoms with Crippen molar-refractivity contribution in [2.24, 2.45) is 0 Å².